The van der Waals surface area contributed by atoms with Gasteiger partial charge in [0.05, 0.1) is 6.61 Å². The molecule has 1 aromatic rings. The first-order chi connectivity index (χ1) is 6.11. The Morgan fingerprint density at radius 1 is 1.77 bits per heavy atom. The van der Waals surface area contributed by atoms with Gasteiger partial charge in [-0.3, -0.25) is 4.79 Å². The van der Waals surface area contributed by atoms with Gasteiger partial charge in [0.1, 0.15) is 17.5 Å². The van der Waals surface area contributed by atoms with Crippen LogP contribution in [0.3, 0.4) is 0 Å². The maximum atomic E-state index is 11.6. The Bertz CT molecular complexity index is 300. The molecule has 1 heterocycles. The molecule has 0 atom stereocenters. The number of hydrogen-bond acceptors (Lipinski definition) is 4. The van der Waals surface area contributed by atoms with Gasteiger partial charge in [0.2, 0.25) is 0 Å². The summed E-state index contributed by atoms with van der Waals surface area (Å²) in [6.45, 7) is -3.43. The van der Waals surface area contributed by atoms with Crippen molar-refractivity contribution in [1.29, 1.82) is 0 Å². The molecule has 7 heteroatoms. The molecule has 0 saturated heterocycles. The summed E-state index contributed by atoms with van der Waals surface area (Å²) >= 11 is 0. The second-order valence-corrected chi connectivity index (χ2v) is 2.11. The number of halogens is 2. The van der Waals surface area contributed by atoms with Gasteiger partial charge in [-0.2, -0.15) is 8.78 Å². The van der Waals surface area contributed by atoms with E-state index in [1.54, 1.807) is 0 Å². The van der Waals surface area contributed by atoms with E-state index in [-0.39, 0.29) is 11.3 Å². The average molecular weight is 192 g/mol. The minimum Gasteiger partial charge on any atom is -0.365 e. The summed E-state index contributed by atoms with van der Waals surface area (Å²) in [7, 11) is 0. The first-order valence-corrected chi connectivity index (χ1v) is 3.24. The van der Waals surface area contributed by atoms with Gasteiger partial charge >= 0.3 is 6.61 Å². The molecule has 2 N–H and O–H groups in total. The van der Waals surface area contributed by atoms with Crippen molar-refractivity contribution in [2.24, 2.45) is 5.73 Å². The summed E-state index contributed by atoms with van der Waals surface area (Å²) in [6.07, 6.45) is 0.979. The molecule has 0 bridgehead atoms. The molecular weight excluding hydrogens is 186 g/mol. The smallest absolute Gasteiger partial charge is 0.345 e. The van der Waals surface area contributed by atoms with E-state index in [1.807, 2.05) is 0 Å². The highest BCUT2D eigenvalue weighted by molar-refractivity contribution is 5.93. The van der Waals surface area contributed by atoms with Crippen LogP contribution < -0.4 is 5.73 Å². The van der Waals surface area contributed by atoms with Crippen LogP contribution in [0.5, 0.6) is 0 Å². The standard InChI is InChI=1S/C6H6F2N2O3/c7-6(8)12-2-4-3(5(9)11)1-13-10-4/h1,6H,2H2,(H2,9,11). The van der Waals surface area contributed by atoms with E-state index < -0.39 is 19.1 Å². The quantitative estimate of drug-likeness (QED) is 0.753. The molecule has 0 aliphatic carbocycles. The SMILES string of the molecule is NC(=O)c1conc1COC(F)F. The van der Waals surface area contributed by atoms with Gasteiger partial charge < -0.3 is 15.0 Å². The molecule has 1 amide bonds. The average Bonchev–Trinajstić information content (AvgIpc) is 2.47. The lowest BCUT2D eigenvalue weighted by molar-refractivity contribution is -0.138. The van der Waals surface area contributed by atoms with E-state index in [0.717, 1.165) is 6.26 Å². The molecule has 0 radical (unpaired) electrons. The number of ether oxygens (including phenoxy) is 1. The molecule has 5 nitrogen and oxygen atoms in total. The van der Waals surface area contributed by atoms with Gasteiger partial charge in [0.25, 0.3) is 5.91 Å². The Labute approximate surface area is 71.4 Å². The molecule has 1 aromatic heterocycles. The van der Waals surface area contributed by atoms with Crippen LogP contribution in [-0.4, -0.2) is 17.7 Å². The fourth-order valence-electron chi connectivity index (χ4n) is 0.706. The van der Waals surface area contributed by atoms with Crippen molar-refractivity contribution in [3.05, 3.63) is 17.5 Å². The van der Waals surface area contributed by atoms with Crippen LogP contribution >= 0.6 is 0 Å². The van der Waals surface area contributed by atoms with Crippen molar-refractivity contribution in [1.82, 2.24) is 5.16 Å². The number of nitrogens with zero attached hydrogens (tertiary/aromatic N) is 1. The fourth-order valence-corrected chi connectivity index (χ4v) is 0.706. The number of amides is 1. The predicted octanol–water partition coefficient (Wildman–Crippen LogP) is 0.513. The Hall–Kier alpha value is -1.50. The third kappa shape index (κ3) is 2.48. The molecule has 0 aliphatic heterocycles. The third-order valence-corrected chi connectivity index (χ3v) is 1.26. The number of carbonyl (C=O) groups is 1. The van der Waals surface area contributed by atoms with Crippen molar-refractivity contribution in [3.8, 4) is 0 Å². The summed E-state index contributed by atoms with van der Waals surface area (Å²) < 4.78 is 31.4. The Morgan fingerprint density at radius 2 is 2.46 bits per heavy atom. The lowest BCUT2D eigenvalue weighted by atomic mass is 10.2. The van der Waals surface area contributed by atoms with E-state index in [0.29, 0.717) is 0 Å². The van der Waals surface area contributed by atoms with Gasteiger partial charge in [-0.15, -0.1) is 0 Å². The van der Waals surface area contributed by atoms with E-state index in [4.69, 9.17) is 5.73 Å². The molecule has 0 saturated carbocycles. The highest BCUT2D eigenvalue weighted by Crippen LogP contribution is 2.09. The van der Waals surface area contributed by atoms with Gasteiger partial charge in [0, 0.05) is 0 Å². The molecule has 0 spiro atoms. The zero-order valence-corrected chi connectivity index (χ0v) is 6.37. The summed E-state index contributed by atoms with van der Waals surface area (Å²) in [6, 6.07) is 0. The predicted molar refractivity (Wildman–Crippen MR) is 35.8 cm³/mol. The molecule has 0 aromatic carbocycles. The number of carbonyl (C=O) groups excluding carboxylic acids is 1. The first kappa shape index (κ1) is 9.59. The molecule has 0 fully saturated rings. The van der Waals surface area contributed by atoms with Crippen molar-refractivity contribution in [2.45, 2.75) is 13.2 Å². The molecule has 72 valence electrons. The molecule has 0 aliphatic rings. The van der Waals surface area contributed by atoms with Crippen molar-refractivity contribution in [3.63, 3.8) is 0 Å². The molecule has 0 unspecified atom stereocenters. The lowest BCUT2D eigenvalue weighted by Gasteiger charge is -1.98. The lowest BCUT2D eigenvalue weighted by Crippen LogP contribution is -2.13. The van der Waals surface area contributed by atoms with Crippen molar-refractivity contribution in [2.75, 3.05) is 0 Å². The van der Waals surface area contributed by atoms with E-state index in [9.17, 15) is 13.6 Å². The summed E-state index contributed by atoms with van der Waals surface area (Å²) in [5.74, 6) is -0.797. The highest BCUT2D eigenvalue weighted by Gasteiger charge is 2.14. The maximum absolute atomic E-state index is 11.6. The van der Waals surface area contributed by atoms with Crippen LogP contribution in [0.1, 0.15) is 16.1 Å². The Kier molecular flexibility index (Phi) is 2.91. The number of primary amides is 1. The topological polar surface area (TPSA) is 78.4 Å². The Morgan fingerprint density at radius 3 is 3.00 bits per heavy atom. The van der Waals surface area contributed by atoms with Gasteiger partial charge in [-0.25, -0.2) is 0 Å². The molecule has 13 heavy (non-hydrogen) atoms. The number of hydrogen-bond donors (Lipinski definition) is 1. The summed E-state index contributed by atoms with van der Waals surface area (Å²) in [5, 5.41) is 3.28. The van der Waals surface area contributed by atoms with Crippen LogP contribution in [0.25, 0.3) is 0 Å². The van der Waals surface area contributed by atoms with Crippen LogP contribution in [0.4, 0.5) is 8.78 Å². The summed E-state index contributed by atoms with van der Waals surface area (Å²) in [4.78, 5) is 10.6. The highest BCUT2D eigenvalue weighted by atomic mass is 19.3. The monoisotopic (exact) mass is 192 g/mol. The molecule has 1 rings (SSSR count). The third-order valence-electron chi connectivity index (χ3n) is 1.26. The first-order valence-electron chi connectivity index (χ1n) is 3.24. The molecular formula is C6H6F2N2O3. The van der Waals surface area contributed by atoms with Crippen LogP contribution in [0, 0.1) is 0 Å². The van der Waals surface area contributed by atoms with Crippen molar-refractivity contribution < 1.29 is 22.8 Å². The normalized spacial score (nSPS) is 10.7. The summed E-state index contributed by atoms with van der Waals surface area (Å²) in [5.41, 5.74) is 4.79. The minimum atomic E-state index is -2.92. The van der Waals surface area contributed by atoms with Gasteiger partial charge in [-0.1, -0.05) is 5.16 Å². The van der Waals surface area contributed by atoms with Crippen LogP contribution in [0.15, 0.2) is 10.8 Å². The zero-order valence-electron chi connectivity index (χ0n) is 6.37. The Balaban J connectivity index is 2.65. The number of aromatic nitrogens is 1. The largest absolute Gasteiger partial charge is 0.365 e. The minimum absolute atomic E-state index is 0.0344. The second kappa shape index (κ2) is 3.94. The van der Waals surface area contributed by atoms with Crippen molar-refractivity contribution >= 4 is 5.91 Å². The fraction of sp³-hybridized carbons (Fsp3) is 0.333. The van der Waals surface area contributed by atoms with E-state index in [1.165, 1.54) is 0 Å². The zero-order chi connectivity index (χ0) is 9.84. The second-order valence-electron chi connectivity index (χ2n) is 2.11. The number of alkyl halides is 2. The van der Waals surface area contributed by atoms with E-state index >= 15 is 0 Å². The van der Waals surface area contributed by atoms with Gasteiger partial charge in [-0.05, 0) is 0 Å². The van der Waals surface area contributed by atoms with E-state index in [2.05, 4.69) is 14.4 Å². The van der Waals surface area contributed by atoms with Gasteiger partial charge in [0.15, 0.2) is 0 Å². The van der Waals surface area contributed by atoms with Crippen LogP contribution in [-0.2, 0) is 11.3 Å². The van der Waals surface area contributed by atoms with Crippen LogP contribution in [0.2, 0.25) is 0 Å². The number of rotatable bonds is 4. The number of nitrogens with two attached hydrogens (primary N) is 1. The maximum Gasteiger partial charge on any atom is 0.345 e.